The van der Waals surface area contributed by atoms with Gasteiger partial charge in [0.15, 0.2) is 5.82 Å². The van der Waals surface area contributed by atoms with Crippen LogP contribution in [0.4, 0.5) is 16.6 Å². The summed E-state index contributed by atoms with van der Waals surface area (Å²) in [6.45, 7) is 16.1. The van der Waals surface area contributed by atoms with Crippen molar-refractivity contribution in [3.8, 4) is 5.88 Å². The molecule has 5 rings (SSSR count). The Bertz CT molecular complexity index is 1270. The van der Waals surface area contributed by atoms with E-state index in [4.69, 9.17) is 14.0 Å². The summed E-state index contributed by atoms with van der Waals surface area (Å²) in [5.41, 5.74) is -0.608. The predicted octanol–water partition coefficient (Wildman–Crippen LogP) is 4.40. The molecule has 2 amide bonds. The van der Waals surface area contributed by atoms with Crippen LogP contribution in [0.1, 0.15) is 91.8 Å². The van der Waals surface area contributed by atoms with Gasteiger partial charge in [-0.05, 0) is 64.7 Å². The molecule has 0 unspecified atom stereocenters. The van der Waals surface area contributed by atoms with Crippen LogP contribution in [0.15, 0.2) is 16.9 Å². The molecule has 2 aromatic heterocycles. The number of alkyl carbamates (subject to hydrolysis) is 1. The van der Waals surface area contributed by atoms with E-state index in [1.54, 1.807) is 12.4 Å². The monoisotopic (exact) mass is 626 g/mol. The lowest BCUT2D eigenvalue weighted by molar-refractivity contribution is -0.135. The molecule has 13 heteroatoms. The molecule has 3 aliphatic heterocycles. The molecule has 13 nitrogen and oxygen atoms in total. The molecule has 3 fully saturated rings. The molecule has 248 valence electrons. The Morgan fingerprint density at radius 2 is 1.84 bits per heavy atom. The number of carbonyl (C=O) groups is 2. The Balaban J connectivity index is 1.10. The highest BCUT2D eigenvalue weighted by molar-refractivity contribution is 5.78. The number of aromatic nitrogens is 4. The third-order valence-corrected chi connectivity index (χ3v) is 9.08. The lowest BCUT2D eigenvalue weighted by atomic mass is 9.84. The summed E-state index contributed by atoms with van der Waals surface area (Å²) in [5, 5.41) is 7.11. The minimum Gasteiger partial charge on any atom is -0.477 e. The van der Waals surface area contributed by atoms with Crippen LogP contribution in [0.25, 0.3) is 0 Å². The van der Waals surface area contributed by atoms with Gasteiger partial charge in [-0.2, -0.15) is 4.98 Å². The van der Waals surface area contributed by atoms with Crippen LogP contribution in [0.3, 0.4) is 0 Å². The van der Waals surface area contributed by atoms with Gasteiger partial charge in [0.1, 0.15) is 11.4 Å². The summed E-state index contributed by atoms with van der Waals surface area (Å²) < 4.78 is 17.0. The van der Waals surface area contributed by atoms with Crippen molar-refractivity contribution in [2.45, 2.75) is 104 Å². The van der Waals surface area contributed by atoms with Crippen molar-refractivity contribution in [2.75, 3.05) is 49.1 Å². The topological polar surface area (TPSA) is 139 Å². The molecule has 45 heavy (non-hydrogen) atoms. The first-order valence-electron chi connectivity index (χ1n) is 16.5. The van der Waals surface area contributed by atoms with Crippen molar-refractivity contribution in [3.63, 3.8) is 0 Å². The number of hydrogen-bond donors (Lipinski definition) is 1. The smallest absolute Gasteiger partial charge is 0.408 e. The number of piperidine rings is 2. The van der Waals surface area contributed by atoms with Gasteiger partial charge < -0.3 is 34.0 Å². The first-order valence-corrected chi connectivity index (χ1v) is 16.5. The van der Waals surface area contributed by atoms with Gasteiger partial charge in [-0.15, -0.1) is 0 Å². The molecular weight excluding hydrogens is 576 g/mol. The molecule has 3 saturated heterocycles. The van der Waals surface area contributed by atoms with Gasteiger partial charge in [-0.1, -0.05) is 25.9 Å². The second kappa shape index (κ2) is 14.2. The largest absolute Gasteiger partial charge is 0.477 e. The zero-order valence-electron chi connectivity index (χ0n) is 27.7. The number of ether oxygens (including phenoxy) is 2. The van der Waals surface area contributed by atoms with Gasteiger partial charge in [0.05, 0.1) is 31.1 Å². The van der Waals surface area contributed by atoms with E-state index >= 15 is 0 Å². The molecule has 2 aromatic rings. The average Bonchev–Trinajstić information content (AvgIpc) is 3.65. The third kappa shape index (κ3) is 8.55. The van der Waals surface area contributed by atoms with Crippen molar-refractivity contribution >= 4 is 23.8 Å². The Kier molecular flexibility index (Phi) is 10.3. The molecule has 3 aliphatic rings. The SMILES string of the molecule is CC(C)c1noc(N2CCC([C@H](C)CCOc3cnc(N4C[C@H](NC(=O)OC(C)(C)C)[C@@H](N5CCCCC5=O)C4)cn3)CC2)n1. The number of carbonyl (C=O) groups excluding carboxylic acids is 2. The predicted molar refractivity (Wildman–Crippen MR) is 169 cm³/mol. The summed E-state index contributed by atoms with van der Waals surface area (Å²) in [5.74, 6) is 3.45. The standard InChI is InChI=1S/C32H50N8O5/c1-21(2)29-36-30(45-37-29)38-14-10-23(11-15-38)22(3)12-16-43-27-18-33-26(17-34-27)39-19-24(35-31(42)44-32(4,5)6)25(20-39)40-13-8-7-9-28(40)41/h17-18,21-25H,7-16,19-20H2,1-6H3,(H,35,42)/t22-,24+,25+/m1/s1. The van der Waals surface area contributed by atoms with E-state index in [-0.39, 0.29) is 23.9 Å². The van der Waals surface area contributed by atoms with Crippen LogP contribution in [-0.2, 0) is 9.53 Å². The normalized spacial score (nSPS) is 22.2. The number of amides is 2. The van der Waals surface area contributed by atoms with Crippen molar-refractivity contribution in [1.82, 2.24) is 30.3 Å². The summed E-state index contributed by atoms with van der Waals surface area (Å²) in [6, 6.07) is 0.188. The fourth-order valence-electron chi connectivity index (χ4n) is 6.45. The molecule has 0 spiro atoms. The average molecular weight is 627 g/mol. The van der Waals surface area contributed by atoms with Crippen molar-refractivity contribution in [3.05, 3.63) is 18.2 Å². The van der Waals surface area contributed by atoms with Crippen LogP contribution in [-0.4, -0.2) is 94.0 Å². The molecule has 0 radical (unpaired) electrons. The molecule has 0 saturated carbocycles. The highest BCUT2D eigenvalue weighted by atomic mass is 16.6. The maximum absolute atomic E-state index is 12.8. The first kappa shape index (κ1) is 32.7. The lowest BCUT2D eigenvalue weighted by Gasteiger charge is -2.35. The van der Waals surface area contributed by atoms with Crippen molar-refractivity contribution < 1.29 is 23.6 Å². The Hall–Kier alpha value is -3.64. The van der Waals surface area contributed by atoms with E-state index in [1.807, 2.05) is 25.7 Å². The van der Waals surface area contributed by atoms with Gasteiger partial charge in [-0.3, -0.25) is 4.79 Å². The number of likely N-dealkylation sites (tertiary alicyclic amines) is 1. The molecule has 0 aliphatic carbocycles. The zero-order valence-corrected chi connectivity index (χ0v) is 27.7. The first-order chi connectivity index (χ1) is 21.5. The van der Waals surface area contributed by atoms with Crippen LogP contribution in [0.2, 0.25) is 0 Å². The number of hydrogen-bond acceptors (Lipinski definition) is 11. The molecule has 0 bridgehead atoms. The van der Waals surface area contributed by atoms with Gasteiger partial charge in [0.2, 0.25) is 11.8 Å². The minimum atomic E-state index is -0.608. The Morgan fingerprint density at radius 3 is 2.49 bits per heavy atom. The number of nitrogens with one attached hydrogen (secondary N) is 1. The minimum absolute atomic E-state index is 0.130. The van der Waals surface area contributed by atoms with E-state index in [1.165, 1.54) is 0 Å². The van der Waals surface area contributed by atoms with E-state index in [9.17, 15) is 9.59 Å². The molecule has 1 N–H and O–H groups in total. The number of nitrogens with zero attached hydrogens (tertiary/aromatic N) is 7. The second-order valence-electron chi connectivity index (χ2n) is 14.0. The fraction of sp³-hybridized carbons (Fsp3) is 0.750. The zero-order chi connectivity index (χ0) is 32.1. The molecule has 3 atom stereocenters. The van der Waals surface area contributed by atoms with E-state index < -0.39 is 11.7 Å². The second-order valence-corrected chi connectivity index (χ2v) is 14.0. The van der Waals surface area contributed by atoms with Crippen molar-refractivity contribution in [2.24, 2.45) is 11.8 Å². The van der Waals surface area contributed by atoms with Gasteiger partial charge in [-0.25, -0.2) is 14.8 Å². The Morgan fingerprint density at radius 1 is 1.07 bits per heavy atom. The highest BCUT2D eigenvalue weighted by Crippen LogP contribution is 2.30. The summed E-state index contributed by atoms with van der Waals surface area (Å²) in [4.78, 5) is 45.3. The fourth-order valence-corrected chi connectivity index (χ4v) is 6.45. The summed E-state index contributed by atoms with van der Waals surface area (Å²) >= 11 is 0. The van der Waals surface area contributed by atoms with E-state index in [0.29, 0.717) is 62.2 Å². The number of anilines is 2. The maximum Gasteiger partial charge on any atom is 0.408 e. The van der Waals surface area contributed by atoms with E-state index in [2.05, 4.69) is 56.0 Å². The summed E-state index contributed by atoms with van der Waals surface area (Å²) in [7, 11) is 0. The van der Waals surface area contributed by atoms with Crippen molar-refractivity contribution in [1.29, 1.82) is 0 Å². The van der Waals surface area contributed by atoms with Crippen LogP contribution in [0.5, 0.6) is 5.88 Å². The lowest BCUT2D eigenvalue weighted by Crippen LogP contribution is -2.54. The Labute approximate surface area is 266 Å². The van der Waals surface area contributed by atoms with E-state index in [0.717, 1.165) is 51.0 Å². The number of rotatable bonds is 10. The van der Waals surface area contributed by atoms with Gasteiger partial charge in [0, 0.05) is 45.1 Å². The van der Waals surface area contributed by atoms with Crippen LogP contribution in [0, 0.1) is 11.8 Å². The molecular formula is C32H50N8O5. The molecule has 5 heterocycles. The maximum atomic E-state index is 12.8. The third-order valence-electron chi connectivity index (χ3n) is 9.08. The summed E-state index contributed by atoms with van der Waals surface area (Å²) in [6.07, 6.45) is 8.39. The van der Waals surface area contributed by atoms with Crippen LogP contribution < -0.4 is 19.9 Å². The molecule has 0 aromatic carbocycles. The van der Waals surface area contributed by atoms with Gasteiger partial charge >= 0.3 is 12.1 Å². The quantitative estimate of drug-likeness (QED) is 0.401. The van der Waals surface area contributed by atoms with Gasteiger partial charge in [0.25, 0.3) is 0 Å². The highest BCUT2D eigenvalue weighted by Gasteiger charge is 2.41. The van der Waals surface area contributed by atoms with Crippen LogP contribution >= 0.6 is 0 Å².